The van der Waals surface area contributed by atoms with Gasteiger partial charge in [0.2, 0.25) is 0 Å². The Balaban J connectivity index is 2.39. The minimum atomic E-state index is -1.02. The Labute approximate surface area is 116 Å². The van der Waals surface area contributed by atoms with Gasteiger partial charge in [0.1, 0.15) is 17.5 Å². The number of rotatable bonds is 4. The highest BCUT2D eigenvalue weighted by Gasteiger charge is 2.29. The molecular formula is C16H16F3N. The molecule has 0 aliphatic carbocycles. The van der Waals surface area contributed by atoms with Crippen molar-refractivity contribution in [3.8, 4) is 0 Å². The third-order valence-corrected chi connectivity index (χ3v) is 3.56. The Hall–Kier alpha value is -1.81. The average Bonchev–Trinajstić information content (AvgIpc) is 2.42. The van der Waals surface area contributed by atoms with Crippen LogP contribution in [0, 0.1) is 17.5 Å². The van der Waals surface area contributed by atoms with E-state index in [2.05, 4.69) is 0 Å². The molecule has 0 aromatic heterocycles. The normalized spacial score (nSPS) is 14.1. The summed E-state index contributed by atoms with van der Waals surface area (Å²) < 4.78 is 40.6. The number of nitrogens with two attached hydrogens (primary N) is 1. The summed E-state index contributed by atoms with van der Waals surface area (Å²) >= 11 is 0. The first kappa shape index (κ1) is 14.6. The predicted octanol–water partition coefficient (Wildman–Crippen LogP) is 3.91. The summed E-state index contributed by atoms with van der Waals surface area (Å²) in [5.74, 6) is -1.72. The molecule has 0 aliphatic rings. The van der Waals surface area contributed by atoms with Crippen LogP contribution in [0.5, 0.6) is 0 Å². The van der Waals surface area contributed by atoms with E-state index in [9.17, 15) is 13.2 Å². The molecule has 0 fully saturated rings. The van der Waals surface area contributed by atoms with Gasteiger partial charge in [0.25, 0.3) is 0 Å². The summed E-state index contributed by atoms with van der Waals surface area (Å²) in [6.07, 6.45) is 0.543. The molecule has 2 aromatic rings. The number of hydrogen-bond donors (Lipinski definition) is 1. The van der Waals surface area contributed by atoms with Crippen LogP contribution in [0.25, 0.3) is 0 Å². The van der Waals surface area contributed by atoms with Gasteiger partial charge >= 0.3 is 0 Å². The van der Waals surface area contributed by atoms with Gasteiger partial charge < -0.3 is 5.73 Å². The summed E-state index contributed by atoms with van der Waals surface area (Å²) in [5.41, 5.74) is 5.85. The fourth-order valence-corrected chi connectivity index (χ4v) is 2.28. The highest BCUT2D eigenvalue weighted by atomic mass is 19.1. The van der Waals surface area contributed by atoms with E-state index in [1.807, 2.05) is 6.92 Å². The van der Waals surface area contributed by atoms with Crippen LogP contribution >= 0.6 is 0 Å². The SMILES string of the molecule is CCC(N)(Cc1ccc(F)cc1F)c1ccccc1F. The summed E-state index contributed by atoms with van der Waals surface area (Å²) in [7, 11) is 0. The minimum absolute atomic E-state index is 0.108. The van der Waals surface area contributed by atoms with E-state index in [1.165, 1.54) is 18.2 Å². The first-order valence-corrected chi connectivity index (χ1v) is 6.44. The Bertz CT molecular complexity index is 612. The fourth-order valence-electron chi connectivity index (χ4n) is 2.28. The molecule has 2 rings (SSSR count). The molecule has 20 heavy (non-hydrogen) atoms. The average molecular weight is 279 g/mol. The van der Waals surface area contributed by atoms with Crippen molar-refractivity contribution in [2.75, 3.05) is 0 Å². The fraction of sp³-hybridized carbons (Fsp3) is 0.250. The van der Waals surface area contributed by atoms with Gasteiger partial charge in [0.05, 0.1) is 0 Å². The summed E-state index contributed by atoms with van der Waals surface area (Å²) in [6.45, 7) is 1.81. The molecule has 1 nitrogen and oxygen atoms in total. The van der Waals surface area contributed by atoms with Gasteiger partial charge in [-0.1, -0.05) is 31.2 Å². The van der Waals surface area contributed by atoms with E-state index < -0.39 is 23.0 Å². The van der Waals surface area contributed by atoms with Crippen LogP contribution in [0.1, 0.15) is 24.5 Å². The molecule has 106 valence electrons. The molecule has 1 atom stereocenters. The van der Waals surface area contributed by atoms with Gasteiger partial charge in [0, 0.05) is 17.2 Å². The maximum atomic E-state index is 13.9. The highest BCUT2D eigenvalue weighted by Crippen LogP contribution is 2.29. The highest BCUT2D eigenvalue weighted by molar-refractivity contribution is 5.30. The lowest BCUT2D eigenvalue weighted by molar-refractivity contribution is 0.395. The van der Waals surface area contributed by atoms with E-state index in [0.29, 0.717) is 12.0 Å². The van der Waals surface area contributed by atoms with Crippen LogP contribution in [0.2, 0.25) is 0 Å². The van der Waals surface area contributed by atoms with Crippen molar-refractivity contribution >= 4 is 0 Å². The second kappa shape index (κ2) is 5.67. The molecule has 2 aromatic carbocycles. The monoisotopic (exact) mass is 279 g/mol. The maximum Gasteiger partial charge on any atom is 0.129 e. The molecule has 4 heteroatoms. The molecule has 0 aliphatic heterocycles. The molecule has 0 saturated heterocycles. The summed E-state index contributed by atoms with van der Waals surface area (Å²) in [4.78, 5) is 0. The maximum absolute atomic E-state index is 13.9. The molecule has 0 amide bonds. The second-order valence-electron chi connectivity index (χ2n) is 4.90. The molecule has 0 spiro atoms. The van der Waals surface area contributed by atoms with Crippen molar-refractivity contribution in [2.45, 2.75) is 25.3 Å². The van der Waals surface area contributed by atoms with Crippen molar-refractivity contribution in [1.82, 2.24) is 0 Å². The zero-order valence-corrected chi connectivity index (χ0v) is 11.2. The number of hydrogen-bond acceptors (Lipinski definition) is 1. The molecule has 2 N–H and O–H groups in total. The first-order chi connectivity index (χ1) is 9.46. The summed E-state index contributed by atoms with van der Waals surface area (Å²) in [5, 5.41) is 0. The van der Waals surface area contributed by atoms with Gasteiger partial charge in [0.15, 0.2) is 0 Å². The van der Waals surface area contributed by atoms with Gasteiger partial charge in [-0.3, -0.25) is 0 Å². The third-order valence-electron chi connectivity index (χ3n) is 3.56. The van der Waals surface area contributed by atoms with Gasteiger partial charge in [-0.15, -0.1) is 0 Å². The van der Waals surface area contributed by atoms with Crippen molar-refractivity contribution in [3.05, 3.63) is 71.0 Å². The zero-order valence-electron chi connectivity index (χ0n) is 11.2. The van der Waals surface area contributed by atoms with E-state index in [1.54, 1.807) is 18.2 Å². The zero-order chi connectivity index (χ0) is 14.8. The lowest BCUT2D eigenvalue weighted by Crippen LogP contribution is -2.39. The molecule has 0 heterocycles. The molecule has 0 saturated carbocycles. The van der Waals surface area contributed by atoms with Gasteiger partial charge in [-0.2, -0.15) is 0 Å². The molecule has 0 bridgehead atoms. The smallest absolute Gasteiger partial charge is 0.129 e. The first-order valence-electron chi connectivity index (χ1n) is 6.44. The van der Waals surface area contributed by atoms with Crippen LogP contribution in [-0.2, 0) is 12.0 Å². The third kappa shape index (κ3) is 2.85. The van der Waals surface area contributed by atoms with Gasteiger partial charge in [-0.05, 0) is 30.5 Å². The quantitative estimate of drug-likeness (QED) is 0.902. The van der Waals surface area contributed by atoms with Crippen LogP contribution in [0.3, 0.4) is 0 Å². The largest absolute Gasteiger partial charge is 0.321 e. The lowest BCUT2D eigenvalue weighted by atomic mass is 9.82. The summed E-state index contributed by atoms with van der Waals surface area (Å²) in [6, 6.07) is 9.53. The van der Waals surface area contributed by atoms with Crippen molar-refractivity contribution in [3.63, 3.8) is 0 Å². The standard InChI is InChI=1S/C16H16F3N/c1-2-16(20,13-5-3-4-6-14(13)18)10-11-7-8-12(17)9-15(11)19/h3-9H,2,10,20H2,1H3. The Kier molecular flexibility index (Phi) is 4.14. The van der Waals surface area contributed by atoms with Crippen molar-refractivity contribution in [2.24, 2.45) is 5.73 Å². The topological polar surface area (TPSA) is 26.0 Å². The van der Waals surface area contributed by atoms with Crippen LogP contribution in [0.15, 0.2) is 42.5 Å². The van der Waals surface area contributed by atoms with Crippen LogP contribution in [-0.4, -0.2) is 0 Å². The molecule has 1 unspecified atom stereocenters. The molecular weight excluding hydrogens is 263 g/mol. The molecule has 0 radical (unpaired) electrons. The second-order valence-corrected chi connectivity index (χ2v) is 4.90. The lowest BCUT2D eigenvalue weighted by Gasteiger charge is -2.29. The Morgan fingerprint density at radius 3 is 2.30 bits per heavy atom. The van der Waals surface area contributed by atoms with E-state index in [0.717, 1.165) is 6.07 Å². The predicted molar refractivity (Wildman–Crippen MR) is 72.6 cm³/mol. The Morgan fingerprint density at radius 2 is 1.70 bits per heavy atom. The Morgan fingerprint density at radius 1 is 1.00 bits per heavy atom. The van der Waals surface area contributed by atoms with Crippen LogP contribution in [0.4, 0.5) is 13.2 Å². The van der Waals surface area contributed by atoms with E-state index in [-0.39, 0.29) is 12.0 Å². The van der Waals surface area contributed by atoms with Crippen molar-refractivity contribution < 1.29 is 13.2 Å². The van der Waals surface area contributed by atoms with Gasteiger partial charge in [-0.25, -0.2) is 13.2 Å². The minimum Gasteiger partial charge on any atom is -0.321 e. The van der Waals surface area contributed by atoms with Crippen LogP contribution < -0.4 is 5.73 Å². The van der Waals surface area contributed by atoms with E-state index >= 15 is 0 Å². The van der Waals surface area contributed by atoms with E-state index in [4.69, 9.17) is 5.73 Å². The number of halogens is 3. The van der Waals surface area contributed by atoms with Crippen molar-refractivity contribution in [1.29, 1.82) is 0 Å². The number of benzene rings is 2.